The average molecular weight is 453 g/mol. The second-order valence-corrected chi connectivity index (χ2v) is 7.80. The van der Waals surface area contributed by atoms with Gasteiger partial charge in [-0.1, -0.05) is 66.2 Å². The largest absolute Gasteiger partial charge is 0.353 e. The molecule has 160 valence electrons. The van der Waals surface area contributed by atoms with E-state index in [9.17, 15) is 10.1 Å². The minimum atomic E-state index is -0.422. The highest BCUT2D eigenvalue weighted by atomic mass is 35.5. The maximum absolute atomic E-state index is 11.7. The summed E-state index contributed by atoms with van der Waals surface area (Å²) in [6, 6.07) is 29.2. The number of benzene rings is 4. The number of H-pyrrole nitrogens is 1. The van der Waals surface area contributed by atoms with Gasteiger partial charge in [0.25, 0.3) is 5.69 Å². The molecule has 0 amide bonds. The lowest BCUT2D eigenvalue weighted by atomic mass is 10.1. The van der Waals surface area contributed by atoms with Gasteiger partial charge >= 0.3 is 0 Å². The lowest BCUT2D eigenvalue weighted by Gasteiger charge is -2.05. The molecule has 0 radical (unpaired) electrons. The minimum Gasteiger partial charge on any atom is -0.353 e. The van der Waals surface area contributed by atoms with Crippen LogP contribution in [0.1, 0.15) is 0 Å². The molecule has 7 heteroatoms. The Kier molecular flexibility index (Phi) is 5.42. The summed E-state index contributed by atoms with van der Waals surface area (Å²) in [6.07, 6.45) is 0. The number of fused-ring (bicyclic) bond motifs is 2. The van der Waals surface area contributed by atoms with Gasteiger partial charge in [0.05, 0.1) is 32.7 Å². The summed E-state index contributed by atoms with van der Waals surface area (Å²) in [6.45, 7) is 0. The van der Waals surface area contributed by atoms with Gasteiger partial charge in [0, 0.05) is 16.5 Å². The first-order valence-corrected chi connectivity index (χ1v) is 10.6. The van der Waals surface area contributed by atoms with Gasteiger partial charge in [0.1, 0.15) is 0 Å². The van der Waals surface area contributed by atoms with Crippen molar-refractivity contribution in [3.8, 4) is 22.6 Å². The van der Waals surface area contributed by atoms with E-state index in [0.29, 0.717) is 21.6 Å². The fraction of sp³-hybridized carbons (Fsp3) is 0. The Balaban J connectivity index is 2.00. The number of halogens is 1. The molecular weight excluding hydrogens is 436 g/mol. The van der Waals surface area contributed by atoms with Crippen LogP contribution in [0.2, 0.25) is 5.02 Å². The van der Waals surface area contributed by atoms with Crippen LogP contribution in [0, 0.1) is 10.1 Å². The van der Waals surface area contributed by atoms with E-state index in [2.05, 4.69) is 4.98 Å². The van der Waals surface area contributed by atoms with E-state index in [-0.39, 0.29) is 11.5 Å². The van der Waals surface area contributed by atoms with Crippen LogP contribution in [0.3, 0.4) is 0 Å². The predicted molar refractivity (Wildman–Crippen MR) is 132 cm³/mol. The molecule has 1 heterocycles. The van der Waals surface area contributed by atoms with Crippen molar-refractivity contribution in [3.63, 3.8) is 0 Å². The molecule has 0 fully saturated rings. The lowest BCUT2D eigenvalue weighted by Crippen LogP contribution is -1.94. The Labute approximate surface area is 194 Å². The number of rotatable bonds is 3. The summed E-state index contributed by atoms with van der Waals surface area (Å²) in [4.78, 5) is 24.4. The number of para-hydroxylation sites is 3. The summed E-state index contributed by atoms with van der Waals surface area (Å²) >= 11 is 6.38. The first kappa shape index (κ1) is 20.6. The van der Waals surface area contributed by atoms with Crippen molar-refractivity contribution in [1.29, 1.82) is 0 Å². The number of hydrogen-bond donors (Lipinski definition) is 1. The Hall–Kier alpha value is -4.29. The highest BCUT2D eigenvalue weighted by Crippen LogP contribution is 2.31. The van der Waals surface area contributed by atoms with Crippen LogP contribution in [0.25, 0.3) is 44.6 Å². The Morgan fingerprint density at radius 1 is 0.788 bits per heavy atom. The molecule has 0 spiro atoms. The number of aromatic nitrogens is 3. The van der Waals surface area contributed by atoms with E-state index >= 15 is 0 Å². The van der Waals surface area contributed by atoms with Crippen LogP contribution >= 0.6 is 11.6 Å². The van der Waals surface area contributed by atoms with Crippen LogP contribution in [-0.4, -0.2) is 19.9 Å². The van der Waals surface area contributed by atoms with Crippen LogP contribution < -0.4 is 0 Å². The smallest absolute Gasteiger partial charge is 0.280 e. The third-order valence-corrected chi connectivity index (χ3v) is 5.48. The first-order valence-electron chi connectivity index (χ1n) is 10.2. The molecule has 0 aliphatic rings. The summed E-state index contributed by atoms with van der Waals surface area (Å²) in [7, 11) is 0. The van der Waals surface area contributed by atoms with E-state index < -0.39 is 4.92 Å². The van der Waals surface area contributed by atoms with Gasteiger partial charge in [-0.25, -0.2) is 9.97 Å². The zero-order chi connectivity index (χ0) is 22.8. The standard InChI is InChI=1S/C26H17ClN4O2/c27-18-14-15-21-20(16-18)25(17-8-2-1-3-9-17)28-22-11-5-6-12-23(22)30-26(29-21)19-10-4-7-13-24(19)31(32)33/h1-16,28H. The number of aromatic amines is 1. The molecule has 1 N–H and O–H groups in total. The second-order valence-electron chi connectivity index (χ2n) is 7.37. The highest BCUT2D eigenvalue weighted by Gasteiger charge is 2.17. The lowest BCUT2D eigenvalue weighted by molar-refractivity contribution is -0.384. The Morgan fingerprint density at radius 3 is 2.30 bits per heavy atom. The molecule has 1 aromatic heterocycles. The molecule has 4 aromatic carbocycles. The third kappa shape index (κ3) is 4.12. The van der Waals surface area contributed by atoms with Crippen LogP contribution in [0.5, 0.6) is 0 Å². The molecule has 5 aromatic rings. The topological polar surface area (TPSA) is 84.7 Å². The molecule has 0 bridgehead atoms. The summed E-state index contributed by atoms with van der Waals surface area (Å²) < 4.78 is 0. The average Bonchev–Trinajstić information content (AvgIpc) is 2.91. The maximum atomic E-state index is 11.7. The quantitative estimate of drug-likeness (QED) is 0.233. The fourth-order valence-corrected chi connectivity index (χ4v) is 3.89. The van der Waals surface area contributed by atoms with Crippen LogP contribution in [-0.2, 0) is 0 Å². The van der Waals surface area contributed by atoms with Gasteiger partial charge in [-0.2, -0.15) is 0 Å². The molecule has 6 nitrogen and oxygen atoms in total. The number of nitrogens with zero attached hydrogens (tertiary/aromatic N) is 3. The van der Waals surface area contributed by atoms with Crippen molar-refractivity contribution >= 4 is 39.2 Å². The van der Waals surface area contributed by atoms with Gasteiger partial charge in [-0.3, -0.25) is 10.1 Å². The van der Waals surface area contributed by atoms with Crippen molar-refractivity contribution in [2.24, 2.45) is 0 Å². The minimum absolute atomic E-state index is 0.0625. The molecule has 5 rings (SSSR count). The zero-order valence-electron chi connectivity index (χ0n) is 17.3. The van der Waals surface area contributed by atoms with Crippen molar-refractivity contribution in [3.05, 3.63) is 112 Å². The van der Waals surface area contributed by atoms with Crippen LogP contribution in [0.4, 0.5) is 5.69 Å². The predicted octanol–water partition coefficient (Wildman–Crippen LogP) is 7.13. The first-order chi connectivity index (χ1) is 16.1. The van der Waals surface area contributed by atoms with E-state index in [0.717, 1.165) is 22.2 Å². The highest BCUT2D eigenvalue weighted by molar-refractivity contribution is 6.31. The molecule has 0 aliphatic heterocycles. The second kappa shape index (κ2) is 8.68. The summed E-state index contributed by atoms with van der Waals surface area (Å²) in [5, 5.41) is 13.0. The van der Waals surface area contributed by atoms with E-state index in [1.807, 2.05) is 60.7 Å². The van der Waals surface area contributed by atoms with E-state index in [1.165, 1.54) is 6.07 Å². The molecular formula is C26H17ClN4O2. The van der Waals surface area contributed by atoms with Gasteiger partial charge in [0.15, 0.2) is 5.82 Å². The van der Waals surface area contributed by atoms with Crippen molar-refractivity contribution < 1.29 is 4.92 Å². The number of nitrogens with one attached hydrogen (secondary N) is 1. The molecule has 0 saturated carbocycles. The molecule has 0 aliphatic carbocycles. The van der Waals surface area contributed by atoms with Gasteiger partial charge in [-0.05, 0) is 42.0 Å². The van der Waals surface area contributed by atoms with Gasteiger partial charge < -0.3 is 4.98 Å². The maximum Gasteiger partial charge on any atom is 0.280 e. The van der Waals surface area contributed by atoms with Gasteiger partial charge in [0.2, 0.25) is 0 Å². The van der Waals surface area contributed by atoms with Crippen molar-refractivity contribution in [2.75, 3.05) is 0 Å². The number of nitro benzene ring substituents is 1. The molecule has 0 atom stereocenters. The summed E-state index contributed by atoms with van der Waals surface area (Å²) in [5.41, 5.74) is 3.98. The summed E-state index contributed by atoms with van der Waals surface area (Å²) in [5.74, 6) is 0.245. The zero-order valence-corrected chi connectivity index (χ0v) is 18.0. The van der Waals surface area contributed by atoms with Crippen molar-refractivity contribution in [1.82, 2.24) is 15.0 Å². The van der Waals surface area contributed by atoms with Crippen LogP contribution in [0.15, 0.2) is 97.1 Å². The third-order valence-electron chi connectivity index (χ3n) is 5.25. The van der Waals surface area contributed by atoms with E-state index in [4.69, 9.17) is 21.6 Å². The fourth-order valence-electron chi connectivity index (χ4n) is 3.71. The van der Waals surface area contributed by atoms with E-state index in [1.54, 1.807) is 30.3 Å². The van der Waals surface area contributed by atoms with Gasteiger partial charge in [-0.15, -0.1) is 0 Å². The SMILES string of the molecule is O=[N+]([O-])c1ccccc1-c1nc2ccccc2[nH]c(-c2ccccc2)c2cc(Cl)ccc2n1. The normalized spacial score (nSPS) is 10.8. The Bertz CT molecular complexity index is 1560. The monoisotopic (exact) mass is 452 g/mol. The Morgan fingerprint density at radius 2 is 1.48 bits per heavy atom. The van der Waals surface area contributed by atoms with Crippen molar-refractivity contribution in [2.45, 2.75) is 0 Å². The molecule has 0 saturated heterocycles. The number of hydrogen-bond acceptors (Lipinski definition) is 4. The number of nitro groups is 1. The molecule has 33 heavy (non-hydrogen) atoms. The molecule has 0 unspecified atom stereocenters.